The van der Waals surface area contributed by atoms with Crippen molar-refractivity contribution in [2.45, 2.75) is 16.5 Å². The fourth-order valence-electron chi connectivity index (χ4n) is 2.01. The van der Waals surface area contributed by atoms with Gasteiger partial charge in [-0.3, -0.25) is 0 Å². The van der Waals surface area contributed by atoms with Crippen LogP contribution >= 0.6 is 11.8 Å². The first-order valence-electron chi connectivity index (χ1n) is 6.53. The van der Waals surface area contributed by atoms with Crippen molar-refractivity contribution in [2.75, 3.05) is 0 Å². The summed E-state index contributed by atoms with van der Waals surface area (Å²) in [5.74, 6) is 0. The molecule has 0 unspecified atom stereocenters. The van der Waals surface area contributed by atoms with Gasteiger partial charge in [-0.1, -0.05) is 54.2 Å². The quantitative estimate of drug-likeness (QED) is 0.525. The molecular weight excluding hydrogens is 271 g/mol. The van der Waals surface area contributed by atoms with Gasteiger partial charge in [0, 0.05) is 5.16 Å². The van der Waals surface area contributed by atoms with Crippen LogP contribution in [0.25, 0.3) is 0 Å². The molecule has 3 aromatic rings. The molecule has 21 heavy (non-hydrogen) atoms. The van der Waals surface area contributed by atoms with Crippen molar-refractivity contribution in [3.05, 3.63) is 78.1 Å². The minimum Gasteiger partial charge on any atom is -0.430 e. The fraction of sp³-hybridized carbons (Fsp3) is 0.118. The Morgan fingerprint density at radius 3 is 2.29 bits per heavy atom. The van der Waals surface area contributed by atoms with Gasteiger partial charge in [0.2, 0.25) is 0 Å². The Hall–Kier alpha value is -1.40. The Kier molecular flexibility index (Phi) is 5.75. The Balaban J connectivity index is 0.00000161. The number of imidazole rings is 1. The Morgan fingerprint density at radius 1 is 1.00 bits per heavy atom. The summed E-state index contributed by atoms with van der Waals surface area (Å²) in [7, 11) is 2.05. The van der Waals surface area contributed by atoms with E-state index in [1.54, 1.807) is 11.8 Å². The van der Waals surface area contributed by atoms with Crippen molar-refractivity contribution in [3.63, 3.8) is 0 Å². The zero-order chi connectivity index (χ0) is 13.8. The molecule has 0 aliphatic rings. The van der Waals surface area contributed by atoms with Gasteiger partial charge in [0.05, 0.1) is 0 Å². The molecule has 100 valence electrons. The molecule has 2 aromatic carbocycles. The standard InChI is InChI=1S/C17H15N2S.Li/c1-19-15(12-14-8-4-2-5-9-14)13-18-17(19)20-16-10-6-3-7-11-16;/h2-11H,12H2,1H3;/q-1;+1. The Labute approximate surface area is 141 Å². The normalized spacial score (nSPS) is 10.1. The SMILES string of the molecule is Cn1c(Cc2ccccc2)[c-]nc1Sc1ccccc1.[Li+]. The van der Waals surface area contributed by atoms with E-state index in [4.69, 9.17) is 0 Å². The summed E-state index contributed by atoms with van der Waals surface area (Å²) in [6, 6.07) is 20.7. The third-order valence-electron chi connectivity index (χ3n) is 3.14. The Bertz CT molecular complexity index is 622. The second-order valence-corrected chi connectivity index (χ2v) is 5.63. The van der Waals surface area contributed by atoms with Gasteiger partial charge < -0.3 is 9.55 Å². The summed E-state index contributed by atoms with van der Waals surface area (Å²) < 4.78 is 2.12. The third-order valence-corrected chi connectivity index (χ3v) is 4.19. The van der Waals surface area contributed by atoms with Gasteiger partial charge in [0.1, 0.15) is 0 Å². The predicted molar refractivity (Wildman–Crippen MR) is 81.9 cm³/mol. The number of hydrogen-bond acceptors (Lipinski definition) is 2. The molecule has 4 heteroatoms. The van der Waals surface area contributed by atoms with Crippen LogP contribution in [0.3, 0.4) is 0 Å². The van der Waals surface area contributed by atoms with E-state index in [-0.39, 0.29) is 18.9 Å². The van der Waals surface area contributed by atoms with Gasteiger partial charge in [-0.15, -0.1) is 6.20 Å². The van der Waals surface area contributed by atoms with Gasteiger partial charge in [-0.2, -0.15) is 11.8 Å². The maximum Gasteiger partial charge on any atom is 1.00 e. The minimum absolute atomic E-state index is 0. The summed E-state index contributed by atoms with van der Waals surface area (Å²) in [5.41, 5.74) is 2.39. The predicted octanol–water partition coefficient (Wildman–Crippen LogP) is 0.966. The van der Waals surface area contributed by atoms with Crippen LogP contribution in [-0.2, 0) is 13.5 Å². The smallest absolute Gasteiger partial charge is 0.430 e. The van der Waals surface area contributed by atoms with Crippen molar-refractivity contribution < 1.29 is 18.9 Å². The van der Waals surface area contributed by atoms with E-state index >= 15 is 0 Å². The maximum absolute atomic E-state index is 4.41. The summed E-state index contributed by atoms with van der Waals surface area (Å²) >= 11 is 1.67. The molecule has 3 rings (SSSR count). The molecular formula is C17H15LiN2S. The van der Waals surface area contributed by atoms with E-state index in [0.29, 0.717) is 0 Å². The number of aromatic nitrogens is 2. The van der Waals surface area contributed by atoms with Crippen LogP contribution in [0.5, 0.6) is 0 Å². The second kappa shape index (κ2) is 7.56. The van der Waals surface area contributed by atoms with Gasteiger partial charge in [-0.25, -0.2) is 0 Å². The first-order valence-corrected chi connectivity index (χ1v) is 7.34. The van der Waals surface area contributed by atoms with Crippen LogP contribution in [0.15, 0.2) is 70.7 Å². The summed E-state index contributed by atoms with van der Waals surface area (Å²) in [5, 5.41) is 0.974. The van der Waals surface area contributed by atoms with Gasteiger partial charge in [0.25, 0.3) is 0 Å². The van der Waals surface area contributed by atoms with Crippen LogP contribution in [0.1, 0.15) is 11.3 Å². The zero-order valence-corrected chi connectivity index (χ0v) is 13.1. The molecule has 0 fully saturated rings. The van der Waals surface area contributed by atoms with E-state index in [1.165, 1.54) is 10.5 Å². The van der Waals surface area contributed by atoms with Crippen LogP contribution in [-0.4, -0.2) is 9.55 Å². The molecule has 1 heterocycles. The maximum atomic E-state index is 4.41. The topological polar surface area (TPSA) is 17.8 Å². The first-order chi connectivity index (χ1) is 9.83. The molecule has 0 bridgehead atoms. The van der Waals surface area contributed by atoms with Crippen molar-refractivity contribution >= 4 is 11.8 Å². The second-order valence-electron chi connectivity index (χ2n) is 4.59. The summed E-state index contributed by atoms with van der Waals surface area (Å²) in [4.78, 5) is 5.60. The Morgan fingerprint density at radius 2 is 1.62 bits per heavy atom. The fourth-order valence-corrected chi connectivity index (χ4v) is 2.85. The van der Waals surface area contributed by atoms with Crippen molar-refractivity contribution in [1.82, 2.24) is 9.55 Å². The molecule has 0 amide bonds. The monoisotopic (exact) mass is 286 g/mol. The number of nitrogens with zero attached hydrogens (tertiary/aromatic N) is 2. The largest absolute Gasteiger partial charge is 1.00 e. The zero-order valence-electron chi connectivity index (χ0n) is 12.3. The van der Waals surface area contributed by atoms with Crippen molar-refractivity contribution in [1.29, 1.82) is 0 Å². The third kappa shape index (κ3) is 4.04. The van der Waals surface area contributed by atoms with Crippen LogP contribution < -0.4 is 18.9 Å². The van der Waals surface area contributed by atoms with Gasteiger partial charge in [-0.05, 0) is 36.1 Å². The van der Waals surface area contributed by atoms with E-state index in [1.807, 2.05) is 31.3 Å². The van der Waals surface area contributed by atoms with E-state index in [0.717, 1.165) is 17.3 Å². The van der Waals surface area contributed by atoms with Crippen molar-refractivity contribution in [2.24, 2.45) is 7.05 Å². The summed E-state index contributed by atoms with van der Waals surface area (Å²) in [6.45, 7) is 0. The average molecular weight is 286 g/mol. The average Bonchev–Trinajstić information content (AvgIpc) is 2.83. The molecule has 0 saturated heterocycles. The van der Waals surface area contributed by atoms with Gasteiger partial charge in [0.15, 0.2) is 0 Å². The molecule has 0 radical (unpaired) electrons. The van der Waals surface area contributed by atoms with Crippen LogP contribution in [0.2, 0.25) is 0 Å². The van der Waals surface area contributed by atoms with E-state index in [9.17, 15) is 0 Å². The molecule has 2 nitrogen and oxygen atoms in total. The minimum atomic E-state index is 0. The van der Waals surface area contributed by atoms with Gasteiger partial charge >= 0.3 is 18.9 Å². The number of rotatable bonds is 4. The molecule has 0 atom stereocenters. The molecule has 0 aliphatic carbocycles. The van der Waals surface area contributed by atoms with E-state index < -0.39 is 0 Å². The molecule has 0 saturated carbocycles. The first kappa shape index (κ1) is 16.0. The molecule has 0 N–H and O–H groups in total. The van der Waals surface area contributed by atoms with Crippen LogP contribution in [0, 0.1) is 6.20 Å². The van der Waals surface area contributed by atoms with Crippen molar-refractivity contribution in [3.8, 4) is 0 Å². The molecule has 0 spiro atoms. The number of hydrogen-bond donors (Lipinski definition) is 0. The van der Waals surface area contributed by atoms with Crippen LogP contribution in [0.4, 0.5) is 0 Å². The summed E-state index contributed by atoms with van der Waals surface area (Å²) in [6.07, 6.45) is 4.00. The molecule has 0 aliphatic heterocycles. The van der Waals surface area contributed by atoms with E-state index in [2.05, 4.69) is 52.1 Å². The molecule has 1 aromatic heterocycles. The number of benzene rings is 2.